The van der Waals surface area contributed by atoms with E-state index in [1.54, 1.807) is 6.08 Å². The molecule has 0 saturated carbocycles. The molecular formula is C25H28O2Si. The largest absolute Gasteiger partial charge is 0.543 e. The Morgan fingerprint density at radius 1 is 0.929 bits per heavy atom. The number of aldehydes is 1. The number of benzene rings is 3. The van der Waals surface area contributed by atoms with Crippen LogP contribution in [0, 0.1) is 0 Å². The standard InChI is InChI=1S/C25H28O2Si/c1-25(2,3)28(4,5)27-24-21-15-10-9-14-20(21)18-23(22(24)16-11-17-26)19-12-7-6-8-13-19/h6-18H,1-5H3/b16-11-. The number of hydrogen-bond donors (Lipinski definition) is 0. The zero-order valence-corrected chi connectivity index (χ0v) is 18.3. The third kappa shape index (κ3) is 3.95. The number of carbonyl (C=O) groups excluding carboxylic acids is 1. The summed E-state index contributed by atoms with van der Waals surface area (Å²) < 4.78 is 6.84. The number of carbonyl (C=O) groups is 1. The maximum absolute atomic E-state index is 11.1. The van der Waals surface area contributed by atoms with Crippen LogP contribution in [-0.2, 0) is 4.79 Å². The summed E-state index contributed by atoms with van der Waals surface area (Å²) in [6.07, 6.45) is 4.25. The Labute approximate surface area is 169 Å². The quantitative estimate of drug-likeness (QED) is 0.265. The van der Waals surface area contributed by atoms with Crippen molar-refractivity contribution in [2.75, 3.05) is 0 Å². The maximum Gasteiger partial charge on any atom is 0.250 e. The van der Waals surface area contributed by atoms with Crippen LogP contribution in [0.5, 0.6) is 5.75 Å². The first kappa shape index (κ1) is 20.1. The van der Waals surface area contributed by atoms with Crippen molar-refractivity contribution in [2.45, 2.75) is 38.9 Å². The van der Waals surface area contributed by atoms with E-state index in [4.69, 9.17) is 4.43 Å². The molecule has 144 valence electrons. The van der Waals surface area contributed by atoms with Gasteiger partial charge in [0.25, 0.3) is 8.32 Å². The fourth-order valence-electron chi connectivity index (χ4n) is 3.01. The first-order valence-electron chi connectivity index (χ1n) is 9.66. The third-order valence-corrected chi connectivity index (χ3v) is 9.96. The van der Waals surface area contributed by atoms with E-state index in [9.17, 15) is 4.79 Å². The summed E-state index contributed by atoms with van der Waals surface area (Å²) >= 11 is 0. The molecule has 0 aromatic heterocycles. The lowest BCUT2D eigenvalue weighted by Crippen LogP contribution is -2.44. The van der Waals surface area contributed by atoms with Gasteiger partial charge in [-0.1, -0.05) is 75.4 Å². The van der Waals surface area contributed by atoms with E-state index < -0.39 is 8.32 Å². The molecule has 3 aromatic rings. The van der Waals surface area contributed by atoms with Crippen LogP contribution < -0.4 is 4.43 Å². The maximum atomic E-state index is 11.1. The molecule has 3 aromatic carbocycles. The Morgan fingerprint density at radius 3 is 2.21 bits per heavy atom. The highest BCUT2D eigenvalue weighted by Crippen LogP contribution is 2.44. The Balaban J connectivity index is 2.36. The van der Waals surface area contributed by atoms with E-state index in [2.05, 4.69) is 64.2 Å². The molecule has 3 heteroatoms. The van der Waals surface area contributed by atoms with E-state index in [0.717, 1.165) is 39.5 Å². The Hall–Kier alpha value is -2.65. The van der Waals surface area contributed by atoms with Crippen LogP contribution in [0.4, 0.5) is 0 Å². The van der Waals surface area contributed by atoms with Gasteiger partial charge in [0.2, 0.25) is 0 Å². The normalized spacial score (nSPS) is 12.5. The van der Waals surface area contributed by atoms with Crippen LogP contribution in [0.15, 0.2) is 66.7 Å². The van der Waals surface area contributed by atoms with Crippen LogP contribution in [0.1, 0.15) is 26.3 Å². The fraction of sp³-hybridized carbons (Fsp3) is 0.240. The van der Waals surface area contributed by atoms with E-state index in [-0.39, 0.29) is 5.04 Å². The minimum Gasteiger partial charge on any atom is -0.543 e. The highest BCUT2D eigenvalue weighted by atomic mass is 28.4. The van der Waals surface area contributed by atoms with E-state index in [0.29, 0.717) is 0 Å². The van der Waals surface area contributed by atoms with Gasteiger partial charge in [-0.05, 0) is 52.9 Å². The number of fused-ring (bicyclic) bond motifs is 1. The smallest absolute Gasteiger partial charge is 0.250 e. The fourth-order valence-corrected chi connectivity index (χ4v) is 4.04. The lowest BCUT2D eigenvalue weighted by atomic mass is 9.94. The second kappa shape index (κ2) is 7.76. The van der Waals surface area contributed by atoms with Gasteiger partial charge >= 0.3 is 0 Å². The van der Waals surface area contributed by atoms with Gasteiger partial charge in [-0.2, -0.15) is 0 Å². The average Bonchev–Trinajstić information content (AvgIpc) is 2.66. The minimum absolute atomic E-state index is 0.0719. The van der Waals surface area contributed by atoms with Crippen molar-refractivity contribution in [1.29, 1.82) is 0 Å². The summed E-state index contributed by atoms with van der Waals surface area (Å²) in [5.41, 5.74) is 3.15. The number of allylic oxidation sites excluding steroid dienone is 1. The predicted molar refractivity (Wildman–Crippen MR) is 122 cm³/mol. The first-order valence-corrected chi connectivity index (χ1v) is 12.6. The number of rotatable bonds is 5. The molecule has 0 N–H and O–H groups in total. The van der Waals surface area contributed by atoms with Gasteiger partial charge in [0.05, 0.1) is 0 Å². The molecule has 0 aliphatic carbocycles. The van der Waals surface area contributed by atoms with Gasteiger partial charge in [0.15, 0.2) is 0 Å². The molecule has 0 fully saturated rings. The second-order valence-corrected chi connectivity index (χ2v) is 13.3. The average molecular weight is 389 g/mol. The van der Waals surface area contributed by atoms with Crippen molar-refractivity contribution >= 4 is 31.5 Å². The molecule has 3 rings (SSSR count). The van der Waals surface area contributed by atoms with Crippen molar-refractivity contribution in [3.8, 4) is 16.9 Å². The molecule has 0 unspecified atom stereocenters. The molecule has 0 saturated heterocycles. The van der Waals surface area contributed by atoms with E-state index in [1.165, 1.54) is 0 Å². The van der Waals surface area contributed by atoms with Crippen LogP contribution in [0.2, 0.25) is 18.1 Å². The SMILES string of the molecule is CC(C)(C)[Si](C)(C)Oc1c(/C=C\C=O)c(-c2ccccc2)cc2ccccc12. The molecule has 0 bridgehead atoms. The lowest BCUT2D eigenvalue weighted by Gasteiger charge is -2.37. The Morgan fingerprint density at radius 2 is 1.57 bits per heavy atom. The molecule has 0 aliphatic heterocycles. The topological polar surface area (TPSA) is 26.3 Å². The summed E-state index contributed by atoms with van der Waals surface area (Å²) in [5, 5.41) is 2.29. The van der Waals surface area contributed by atoms with Crippen LogP contribution in [-0.4, -0.2) is 14.6 Å². The van der Waals surface area contributed by atoms with Crippen LogP contribution >= 0.6 is 0 Å². The molecule has 0 amide bonds. The van der Waals surface area contributed by atoms with Crippen molar-refractivity contribution in [3.63, 3.8) is 0 Å². The van der Waals surface area contributed by atoms with Gasteiger partial charge in [-0.3, -0.25) is 4.79 Å². The van der Waals surface area contributed by atoms with Crippen molar-refractivity contribution < 1.29 is 9.22 Å². The number of hydrogen-bond acceptors (Lipinski definition) is 2. The van der Waals surface area contributed by atoms with Gasteiger partial charge in [-0.15, -0.1) is 0 Å². The lowest BCUT2D eigenvalue weighted by molar-refractivity contribution is -0.104. The van der Waals surface area contributed by atoms with Crippen LogP contribution in [0.3, 0.4) is 0 Å². The summed E-state index contributed by atoms with van der Waals surface area (Å²) in [6, 6.07) is 20.8. The molecule has 0 aliphatic rings. The van der Waals surface area contributed by atoms with E-state index in [1.807, 2.05) is 36.4 Å². The highest BCUT2D eigenvalue weighted by Gasteiger charge is 2.39. The van der Waals surface area contributed by atoms with Crippen molar-refractivity contribution in [2.24, 2.45) is 0 Å². The zero-order chi connectivity index (χ0) is 20.4. The zero-order valence-electron chi connectivity index (χ0n) is 17.3. The first-order chi connectivity index (χ1) is 13.2. The van der Waals surface area contributed by atoms with Crippen LogP contribution in [0.25, 0.3) is 28.0 Å². The Kier molecular flexibility index (Phi) is 5.57. The minimum atomic E-state index is -2.08. The molecular weight excluding hydrogens is 360 g/mol. The van der Waals surface area contributed by atoms with Crippen molar-refractivity contribution in [1.82, 2.24) is 0 Å². The monoisotopic (exact) mass is 388 g/mol. The van der Waals surface area contributed by atoms with E-state index >= 15 is 0 Å². The van der Waals surface area contributed by atoms with Crippen molar-refractivity contribution in [3.05, 3.63) is 72.3 Å². The van der Waals surface area contributed by atoms with Gasteiger partial charge in [0.1, 0.15) is 12.0 Å². The molecule has 0 atom stereocenters. The summed E-state index contributed by atoms with van der Waals surface area (Å²) in [7, 11) is -2.08. The molecule has 28 heavy (non-hydrogen) atoms. The molecule has 0 heterocycles. The summed E-state index contributed by atoms with van der Waals surface area (Å²) in [6.45, 7) is 11.2. The molecule has 2 nitrogen and oxygen atoms in total. The predicted octanol–water partition coefficient (Wildman–Crippen LogP) is 7.10. The molecule has 0 spiro atoms. The van der Waals surface area contributed by atoms with Gasteiger partial charge < -0.3 is 4.43 Å². The Bertz CT molecular complexity index is 1010. The second-order valence-electron chi connectivity index (χ2n) is 8.61. The summed E-state index contributed by atoms with van der Waals surface area (Å²) in [4.78, 5) is 11.1. The van der Waals surface area contributed by atoms with Gasteiger partial charge in [-0.25, -0.2) is 0 Å². The van der Waals surface area contributed by atoms with Gasteiger partial charge in [0, 0.05) is 10.9 Å². The molecule has 0 radical (unpaired) electrons. The third-order valence-electron chi connectivity index (χ3n) is 5.63. The highest BCUT2D eigenvalue weighted by molar-refractivity contribution is 6.74. The summed E-state index contributed by atoms with van der Waals surface area (Å²) in [5.74, 6) is 0.877.